The fourth-order valence-corrected chi connectivity index (χ4v) is 3.58. The lowest BCUT2D eigenvalue weighted by Crippen LogP contribution is -2.67. The number of aliphatic hydroxyl groups is 5. The SMILES string of the molecule is C#CCO[C@@H]1O[C@H](CO)[C@@H](O[C@@H]2O[C@H](CO)[C@H](O)[C@H](OCC(=O)[O-])[C@H]2O)[C@H](O)[C@H]1NC(C)=O. The largest absolute Gasteiger partial charge is 0.548 e. The molecule has 0 spiro atoms. The van der Waals surface area contributed by atoms with Crippen LogP contribution in [0.25, 0.3) is 0 Å². The first-order valence-corrected chi connectivity index (χ1v) is 10.0. The van der Waals surface area contributed by atoms with E-state index in [1.165, 1.54) is 6.92 Å². The van der Waals surface area contributed by atoms with E-state index in [4.69, 9.17) is 30.1 Å². The lowest BCUT2D eigenvalue weighted by molar-refractivity contribution is -0.353. The van der Waals surface area contributed by atoms with Crippen LogP contribution in [0.1, 0.15) is 6.92 Å². The van der Waals surface area contributed by atoms with Crippen LogP contribution < -0.4 is 10.4 Å². The van der Waals surface area contributed by atoms with Crippen molar-refractivity contribution in [1.82, 2.24) is 5.32 Å². The Labute approximate surface area is 189 Å². The van der Waals surface area contributed by atoms with E-state index in [2.05, 4.69) is 11.2 Å². The molecule has 6 N–H and O–H groups in total. The Kier molecular flexibility index (Phi) is 10.4. The van der Waals surface area contributed by atoms with Gasteiger partial charge in [0.25, 0.3) is 0 Å². The topological polar surface area (TPSA) is 217 Å². The maximum atomic E-state index is 11.6. The Morgan fingerprint density at radius 2 is 1.64 bits per heavy atom. The molecule has 0 unspecified atom stereocenters. The van der Waals surface area contributed by atoms with E-state index in [1.54, 1.807) is 0 Å². The third-order valence-corrected chi connectivity index (χ3v) is 5.06. The van der Waals surface area contributed by atoms with Gasteiger partial charge in [-0.3, -0.25) is 4.79 Å². The van der Waals surface area contributed by atoms with Crippen molar-refractivity contribution in [2.45, 2.75) is 68.3 Å². The van der Waals surface area contributed by atoms with E-state index in [0.717, 1.165) is 0 Å². The van der Waals surface area contributed by atoms with E-state index in [0.29, 0.717) is 0 Å². The van der Waals surface area contributed by atoms with E-state index in [1.807, 2.05) is 0 Å². The molecule has 188 valence electrons. The summed E-state index contributed by atoms with van der Waals surface area (Å²) in [5.41, 5.74) is 0. The van der Waals surface area contributed by atoms with Crippen molar-refractivity contribution in [3.8, 4) is 12.3 Å². The molecule has 0 radical (unpaired) electrons. The predicted octanol–water partition coefficient (Wildman–Crippen LogP) is -5.82. The van der Waals surface area contributed by atoms with Gasteiger partial charge in [0.2, 0.25) is 5.91 Å². The minimum Gasteiger partial charge on any atom is -0.548 e. The standard InChI is InChI=1S/C19H29NO13/c1-3-4-29-18-12(20-8(2)23)14(27)16(10(6-22)32-18)33-19-15(28)17(30-7-11(24)25)13(26)9(5-21)31-19/h1,9-10,12-19,21-22,26-28H,4-7H2,2H3,(H,20,23)(H,24,25)/p-1/t9-,10-,12-,13+,14-,15-,16-,17+,18-,19+/m1/s1. The lowest BCUT2D eigenvalue weighted by Gasteiger charge is -2.47. The summed E-state index contributed by atoms with van der Waals surface area (Å²) >= 11 is 0. The van der Waals surface area contributed by atoms with Crippen molar-refractivity contribution < 1.29 is 63.9 Å². The number of amides is 1. The third-order valence-electron chi connectivity index (χ3n) is 5.06. The number of ether oxygens (including phenoxy) is 5. The second-order valence-electron chi connectivity index (χ2n) is 7.41. The van der Waals surface area contributed by atoms with Crippen LogP contribution in [-0.4, -0.2) is 125 Å². The highest BCUT2D eigenvalue weighted by Gasteiger charge is 2.51. The molecule has 2 aliphatic heterocycles. The molecule has 0 saturated carbocycles. The van der Waals surface area contributed by atoms with Gasteiger partial charge in [-0.25, -0.2) is 0 Å². The van der Waals surface area contributed by atoms with Crippen LogP contribution in [0.15, 0.2) is 0 Å². The monoisotopic (exact) mass is 478 g/mol. The predicted molar refractivity (Wildman–Crippen MR) is 102 cm³/mol. The van der Waals surface area contributed by atoms with Crippen LogP contribution in [-0.2, 0) is 33.3 Å². The van der Waals surface area contributed by atoms with Crippen molar-refractivity contribution in [1.29, 1.82) is 0 Å². The Bertz CT molecular complexity index is 700. The number of rotatable bonds is 10. The van der Waals surface area contributed by atoms with Crippen molar-refractivity contribution in [2.75, 3.05) is 26.4 Å². The van der Waals surface area contributed by atoms with Gasteiger partial charge < -0.3 is 64.4 Å². The molecule has 0 bridgehead atoms. The number of aliphatic carboxylic acids is 1. The molecule has 14 nitrogen and oxygen atoms in total. The number of terminal acetylenes is 1. The molecule has 2 rings (SSSR count). The number of hydrogen-bond acceptors (Lipinski definition) is 13. The zero-order valence-corrected chi connectivity index (χ0v) is 17.7. The van der Waals surface area contributed by atoms with Gasteiger partial charge in [-0.05, 0) is 0 Å². The molecule has 0 aromatic heterocycles. The Morgan fingerprint density at radius 1 is 1.00 bits per heavy atom. The van der Waals surface area contributed by atoms with E-state index in [9.17, 15) is 40.2 Å². The number of carboxylic acids is 1. The van der Waals surface area contributed by atoms with Gasteiger partial charge in [0, 0.05) is 6.92 Å². The summed E-state index contributed by atoms with van der Waals surface area (Å²) in [5.74, 6) is 0.0399. The second kappa shape index (κ2) is 12.5. The minimum atomic E-state index is -1.79. The zero-order valence-electron chi connectivity index (χ0n) is 17.7. The smallest absolute Gasteiger partial charge is 0.217 e. The molecular weight excluding hydrogens is 450 g/mol. The molecule has 14 heteroatoms. The molecular formula is C19H28NO13-. The summed E-state index contributed by atoms with van der Waals surface area (Å²) in [6.45, 7) is -1.46. The first-order chi connectivity index (χ1) is 15.6. The molecule has 10 atom stereocenters. The molecule has 1 amide bonds. The fourth-order valence-electron chi connectivity index (χ4n) is 3.58. The number of aliphatic hydroxyl groups excluding tert-OH is 5. The average molecular weight is 478 g/mol. The van der Waals surface area contributed by atoms with Crippen molar-refractivity contribution >= 4 is 11.9 Å². The van der Waals surface area contributed by atoms with Crippen molar-refractivity contribution in [3.63, 3.8) is 0 Å². The van der Waals surface area contributed by atoms with Crippen molar-refractivity contribution in [2.24, 2.45) is 0 Å². The van der Waals surface area contributed by atoms with Gasteiger partial charge in [0.05, 0.1) is 25.8 Å². The Hall–Kier alpha value is -1.90. The zero-order chi connectivity index (χ0) is 24.7. The van der Waals surface area contributed by atoms with E-state index >= 15 is 0 Å². The molecule has 0 aromatic rings. The maximum Gasteiger partial charge on any atom is 0.217 e. The summed E-state index contributed by atoms with van der Waals surface area (Å²) < 4.78 is 26.8. The molecule has 0 aromatic carbocycles. The van der Waals surface area contributed by atoms with Crippen LogP contribution in [0.5, 0.6) is 0 Å². The van der Waals surface area contributed by atoms with Gasteiger partial charge in [-0.2, -0.15) is 0 Å². The summed E-state index contributed by atoms with van der Waals surface area (Å²) in [6, 6.07) is -1.20. The summed E-state index contributed by atoms with van der Waals surface area (Å²) in [6.07, 6.45) is -8.32. The van der Waals surface area contributed by atoms with Gasteiger partial charge in [0.1, 0.15) is 55.4 Å². The molecule has 2 heterocycles. The van der Waals surface area contributed by atoms with Crippen molar-refractivity contribution in [3.05, 3.63) is 0 Å². The van der Waals surface area contributed by atoms with Gasteiger partial charge >= 0.3 is 0 Å². The molecule has 0 aliphatic carbocycles. The van der Waals surface area contributed by atoms with Gasteiger partial charge in [0.15, 0.2) is 12.6 Å². The van der Waals surface area contributed by atoms with Crippen LogP contribution in [0, 0.1) is 12.3 Å². The van der Waals surface area contributed by atoms with Gasteiger partial charge in [-0.15, -0.1) is 6.42 Å². The van der Waals surface area contributed by atoms with Crippen LogP contribution >= 0.6 is 0 Å². The fraction of sp³-hybridized carbons (Fsp3) is 0.789. The summed E-state index contributed by atoms with van der Waals surface area (Å²) in [7, 11) is 0. The minimum absolute atomic E-state index is 0.227. The quantitative estimate of drug-likeness (QED) is 0.161. The molecule has 2 saturated heterocycles. The van der Waals surface area contributed by atoms with E-state index < -0.39 is 93.0 Å². The first-order valence-electron chi connectivity index (χ1n) is 10.0. The molecule has 33 heavy (non-hydrogen) atoms. The van der Waals surface area contributed by atoms with Crippen LogP contribution in [0.4, 0.5) is 0 Å². The highest BCUT2D eigenvalue weighted by molar-refractivity contribution is 5.73. The van der Waals surface area contributed by atoms with Crippen LogP contribution in [0.3, 0.4) is 0 Å². The third kappa shape index (κ3) is 6.80. The number of nitrogens with one attached hydrogen (secondary N) is 1. The number of hydrogen-bond donors (Lipinski definition) is 6. The lowest BCUT2D eigenvalue weighted by atomic mass is 9.95. The maximum absolute atomic E-state index is 11.6. The number of carboxylic acid groups (broad SMARTS) is 1. The Balaban J connectivity index is 2.24. The first kappa shape index (κ1) is 27.3. The highest BCUT2D eigenvalue weighted by Crippen LogP contribution is 2.30. The summed E-state index contributed by atoms with van der Waals surface area (Å²) in [5, 5.41) is 64.0. The number of carbonyl (C=O) groups excluding carboxylic acids is 2. The molecule has 2 aliphatic rings. The Morgan fingerprint density at radius 3 is 2.18 bits per heavy atom. The van der Waals surface area contributed by atoms with Gasteiger partial charge in [-0.1, -0.05) is 5.92 Å². The summed E-state index contributed by atoms with van der Waals surface area (Å²) in [4.78, 5) is 22.3. The van der Waals surface area contributed by atoms with E-state index in [-0.39, 0.29) is 6.61 Å². The normalized spacial score (nSPS) is 38.9. The van der Waals surface area contributed by atoms with Crippen LogP contribution in [0.2, 0.25) is 0 Å². The average Bonchev–Trinajstić information content (AvgIpc) is 2.76. The highest BCUT2D eigenvalue weighted by atomic mass is 16.7. The number of carbonyl (C=O) groups is 2. The molecule has 2 fully saturated rings. The second-order valence-corrected chi connectivity index (χ2v) is 7.41.